The largest absolute Gasteiger partial charge is 0.237 e. The Bertz CT molecular complexity index is 229. The van der Waals surface area contributed by atoms with Gasteiger partial charge in [0.1, 0.15) is 0 Å². The SMILES string of the molecule is CC(C1CCCC[N]1)S(C)(=O)=O. The van der Waals surface area contributed by atoms with E-state index in [1.54, 1.807) is 6.92 Å². The van der Waals surface area contributed by atoms with E-state index in [0.717, 1.165) is 25.8 Å². The van der Waals surface area contributed by atoms with Crippen LogP contribution in [-0.4, -0.2) is 32.5 Å². The number of rotatable bonds is 2. The van der Waals surface area contributed by atoms with Gasteiger partial charge in [-0.25, -0.2) is 13.7 Å². The van der Waals surface area contributed by atoms with Gasteiger partial charge in [0.25, 0.3) is 0 Å². The number of nitrogens with zero attached hydrogens (tertiary/aromatic N) is 1. The van der Waals surface area contributed by atoms with Crippen LogP contribution in [-0.2, 0) is 9.84 Å². The summed E-state index contributed by atoms with van der Waals surface area (Å²) < 4.78 is 22.3. The van der Waals surface area contributed by atoms with Crippen molar-refractivity contribution >= 4 is 9.84 Å². The number of piperidine rings is 1. The van der Waals surface area contributed by atoms with E-state index in [2.05, 4.69) is 5.32 Å². The summed E-state index contributed by atoms with van der Waals surface area (Å²) >= 11 is 0. The fourth-order valence-electron chi connectivity index (χ4n) is 1.48. The smallest absolute Gasteiger partial charge is 0.151 e. The molecule has 0 aromatic carbocycles. The van der Waals surface area contributed by atoms with Gasteiger partial charge >= 0.3 is 0 Å². The zero-order valence-corrected chi connectivity index (χ0v) is 8.47. The lowest BCUT2D eigenvalue weighted by atomic mass is 10.0. The first-order valence-electron chi connectivity index (χ1n) is 4.37. The highest BCUT2D eigenvalue weighted by Gasteiger charge is 2.27. The summed E-state index contributed by atoms with van der Waals surface area (Å²) in [6, 6.07) is 0.0498. The molecule has 0 aromatic heterocycles. The van der Waals surface area contributed by atoms with Gasteiger partial charge < -0.3 is 0 Å². The fourth-order valence-corrected chi connectivity index (χ4v) is 2.27. The van der Waals surface area contributed by atoms with E-state index >= 15 is 0 Å². The van der Waals surface area contributed by atoms with Crippen molar-refractivity contribution in [2.24, 2.45) is 0 Å². The maximum Gasteiger partial charge on any atom is 0.151 e. The second kappa shape index (κ2) is 3.75. The molecule has 0 saturated carbocycles. The van der Waals surface area contributed by atoms with Crippen molar-refractivity contribution in [1.29, 1.82) is 0 Å². The highest BCUT2D eigenvalue weighted by Crippen LogP contribution is 2.16. The number of hydrogen-bond acceptors (Lipinski definition) is 2. The Kier molecular flexibility index (Phi) is 3.12. The minimum Gasteiger partial charge on any atom is -0.237 e. The van der Waals surface area contributed by atoms with E-state index in [-0.39, 0.29) is 11.3 Å². The summed E-state index contributed by atoms with van der Waals surface area (Å²) in [6.45, 7) is 2.60. The molecule has 12 heavy (non-hydrogen) atoms. The van der Waals surface area contributed by atoms with Crippen molar-refractivity contribution in [2.75, 3.05) is 12.8 Å². The van der Waals surface area contributed by atoms with Gasteiger partial charge in [-0.05, 0) is 19.8 Å². The van der Waals surface area contributed by atoms with Gasteiger partial charge in [-0.1, -0.05) is 6.42 Å². The molecule has 1 rings (SSSR count). The van der Waals surface area contributed by atoms with Gasteiger partial charge in [0.2, 0.25) is 0 Å². The molecule has 3 nitrogen and oxygen atoms in total. The van der Waals surface area contributed by atoms with E-state index in [1.807, 2.05) is 0 Å². The average molecular weight is 190 g/mol. The van der Waals surface area contributed by atoms with Crippen LogP contribution < -0.4 is 5.32 Å². The van der Waals surface area contributed by atoms with Gasteiger partial charge in [0.15, 0.2) is 9.84 Å². The third-order valence-corrected chi connectivity index (χ3v) is 4.15. The van der Waals surface area contributed by atoms with Crippen molar-refractivity contribution in [2.45, 2.75) is 37.5 Å². The van der Waals surface area contributed by atoms with Crippen molar-refractivity contribution in [1.82, 2.24) is 5.32 Å². The van der Waals surface area contributed by atoms with Crippen LogP contribution in [0.15, 0.2) is 0 Å². The first kappa shape index (κ1) is 9.99. The normalized spacial score (nSPS) is 28.3. The first-order valence-corrected chi connectivity index (χ1v) is 6.33. The molecule has 71 valence electrons. The Labute approximate surface area is 74.5 Å². The van der Waals surface area contributed by atoms with E-state index < -0.39 is 9.84 Å². The molecule has 0 bridgehead atoms. The van der Waals surface area contributed by atoms with Crippen LogP contribution in [0.2, 0.25) is 0 Å². The predicted octanol–water partition coefficient (Wildman–Crippen LogP) is 0.576. The molecule has 0 aromatic rings. The molecular weight excluding hydrogens is 174 g/mol. The molecule has 1 aliphatic heterocycles. The summed E-state index contributed by atoms with van der Waals surface area (Å²) in [6.07, 6.45) is 4.47. The van der Waals surface area contributed by atoms with Crippen molar-refractivity contribution < 1.29 is 8.42 Å². The van der Waals surface area contributed by atoms with E-state index in [1.165, 1.54) is 6.26 Å². The maximum atomic E-state index is 11.2. The Morgan fingerprint density at radius 3 is 2.50 bits per heavy atom. The lowest BCUT2D eigenvalue weighted by Gasteiger charge is -2.25. The van der Waals surface area contributed by atoms with Crippen LogP contribution >= 0.6 is 0 Å². The monoisotopic (exact) mass is 190 g/mol. The summed E-state index contributed by atoms with van der Waals surface area (Å²) in [4.78, 5) is 0. The topological polar surface area (TPSA) is 48.2 Å². The molecule has 0 aliphatic carbocycles. The lowest BCUT2D eigenvalue weighted by molar-refractivity contribution is 0.383. The minimum atomic E-state index is -2.90. The molecule has 0 amide bonds. The summed E-state index contributed by atoms with van der Waals surface area (Å²) in [7, 11) is -2.90. The third-order valence-electron chi connectivity index (χ3n) is 2.49. The fraction of sp³-hybridized carbons (Fsp3) is 1.00. The van der Waals surface area contributed by atoms with Crippen molar-refractivity contribution in [3.63, 3.8) is 0 Å². The lowest BCUT2D eigenvalue weighted by Crippen LogP contribution is -2.40. The minimum absolute atomic E-state index is 0.0498. The van der Waals surface area contributed by atoms with Gasteiger partial charge in [-0.3, -0.25) is 0 Å². The van der Waals surface area contributed by atoms with Crippen LogP contribution in [0.3, 0.4) is 0 Å². The van der Waals surface area contributed by atoms with Crippen LogP contribution in [0.25, 0.3) is 0 Å². The number of sulfone groups is 1. The zero-order valence-electron chi connectivity index (χ0n) is 7.66. The second-order valence-electron chi connectivity index (χ2n) is 3.50. The predicted molar refractivity (Wildman–Crippen MR) is 48.9 cm³/mol. The highest BCUT2D eigenvalue weighted by atomic mass is 32.2. The van der Waals surface area contributed by atoms with Crippen LogP contribution in [0.4, 0.5) is 0 Å². The van der Waals surface area contributed by atoms with Crippen LogP contribution in [0, 0.1) is 0 Å². The molecule has 0 N–H and O–H groups in total. The number of hydrogen-bond donors (Lipinski definition) is 0. The molecule has 1 fully saturated rings. The third kappa shape index (κ3) is 2.45. The molecule has 1 radical (unpaired) electrons. The van der Waals surface area contributed by atoms with Gasteiger partial charge in [-0.15, -0.1) is 0 Å². The van der Waals surface area contributed by atoms with Crippen LogP contribution in [0.1, 0.15) is 26.2 Å². The average Bonchev–Trinajstić information content (AvgIpc) is 2.03. The molecular formula is C8H16NO2S. The van der Waals surface area contributed by atoms with Gasteiger partial charge in [0.05, 0.1) is 5.25 Å². The van der Waals surface area contributed by atoms with Gasteiger partial charge in [-0.2, -0.15) is 0 Å². The molecule has 2 unspecified atom stereocenters. The molecule has 1 saturated heterocycles. The second-order valence-corrected chi connectivity index (χ2v) is 5.91. The van der Waals surface area contributed by atoms with Crippen LogP contribution in [0.5, 0.6) is 0 Å². The Morgan fingerprint density at radius 1 is 1.42 bits per heavy atom. The van der Waals surface area contributed by atoms with Crippen molar-refractivity contribution in [3.8, 4) is 0 Å². The first-order chi connectivity index (χ1) is 5.52. The zero-order chi connectivity index (χ0) is 9.19. The highest BCUT2D eigenvalue weighted by molar-refractivity contribution is 7.91. The van der Waals surface area contributed by atoms with E-state index in [0.29, 0.717) is 0 Å². The molecule has 1 heterocycles. The van der Waals surface area contributed by atoms with Gasteiger partial charge in [0, 0.05) is 18.8 Å². The molecule has 2 atom stereocenters. The molecule has 1 aliphatic rings. The summed E-state index contributed by atoms with van der Waals surface area (Å²) in [5.74, 6) is 0. The van der Waals surface area contributed by atoms with Crippen molar-refractivity contribution in [3.05, 3.63) is 0 Å². The van der Waals surface area contributed by atoms with E-state index in [9.17, 15) is 8.42 Å². The summed E-state index contributed by atoms with van der Waals surface area (Å²) in [5, 5.41) is 4.02. The van der Waals surface area contributed by atoms with E-state index in [4.69, 9.17) is 0 Å². The quantitative estimate of drug-likeness (QED) is 0.639. The summed E-state index contributed by atoms with van der Waals surface area (Å²) in [5.41, 5.74) is 0. The standard InChI is InChI=1S/C8H16NO2S/c1-7(12(2,10)11)8-5-3-4-6-9-8/h7-8H,3-6H2,1-2H3. The Hall–Kier alpha value is -0.0900. The Balaban J connectivity index is 2.57. The molecule has 0 spiro atoms. The maximum absolute atomic E-state index is 11.2. The molecule has 4 heteroatoms. The Morgan fingerprint density at radius 2 is 2.08 bits per heavy atom.